The molecule has 52 heavy (non-hydrogen) atoms. The normalized spacial score (nSPS) is 16.3. The molecule has 1 heterocycles. The number of rotatable bonds is 28. The maximum absolute atomic E-state index is 12.2. The number of carbonyl (C=O) groups excluding carboxylic acids is 1. The van der Waals surface area contributed by atoms with Crippen molar-refractivity contribution < 1.29 is 38.7 Å². The summed E-state index contributed by atoms with van der Waals surface area (Å²) in [6.45, 7) is 8.85. The van der Waals surface area contributed by atoms with Gasteiger partial charge < -0.3 is 34.1 Å². The number of esters is 1. The molecule has 14 heteroatoms. The zero-order chi connectivity index (χ0) is 38.0. The van der Waals surface area contributed by atoms with Gasteiger partial charge in [-0.2, -0.15) is 20.8 Å². The number of anilines is 1. The van der Waals surface area contributed by atoms with Crippen LogP contribution in [0.2, 0.25) is 0 Å². The van der Waals surface area contributed by atoms with Crippen LogP contribution in [0.3, 0.4) is 0 Å². The molecule has 3 atom stereocenters. The van der Waals surface area contributed by atoms with Gasteiger partial charge in [0.05, 0.1) is 75.2 Å². The minimum atomic E-state index is -1.01. The first kappa shape index (κ1) is 44.4. The van der Waals surface area contributed by atoms with Crippen LogP contribution < -0.4 is 4.90 Å². The fourth-order valence-electron chi connectivity index (χ4n) is 5.27. The van der Waals surface area contributed by atoms with Gasteiger partial charge in [-0.3, -0.25) is 9.59 Å². The second kappa shape index (κ2) is 26.9. The molecule has 0 spiro atoms. The fraction of sp³-hybridized carbons (Fsp3) is 0.632. The molecule has 0 saturated carbocycles. The predicted molar refractivity (Wildman–Crippen MR) is 200 cm³/mol. The van der Waals surface area contributed by atoms with E-state index in [1.54, 1.807) is 6.92 Å². The highest BCUT2D eigenvalue weighted by molar-refractivity contribution is 8.04. The van der Waals surface area contributed by atoms with Crippen molar-refractivity contribution in [1.82, 2.24) is 0 Å². The number of carboxylic acids is 1. The summed E-state index contributed by atoms with van der Waals surface area (Å²) in [5.74, 6) is -2.87. The number of benzene rings is 1. The van der Waals surface area contributed by atoms with Gasteiger partial charge >= 0.3 is 11.9 Å². The minimum absolute atomic E-state index is 0.0329. The van der Waals surface area contributed by atoms with Crippen molar-refractivity contribution in [2.24, 2.45) is 22.1 Å². The lowest BCUT2D eigenvalue weighted by Gasteiger charge is -2.25. The molecule has 0 aromatic heterocycles. The highest BCUT2D eigenvalue weighted by atomic mass is 32.2. The average Bonchev–Trinajstić information content (AvgIpc) is 3.45. The van der Waals surface area contributed by atoms with Gasteiger partial charge in [-0.25, -0.2) is 0 Å². The highest BCUT2D eigenvalue weighted by Crippen LogP contribution is 2.42. The number of hydrogen-bond donors (Lipinski definition) is 2. The third-order valence-corrected chi connectivity index (χ3v) is 9.60. The van der Waals surface area contributed by atoms with Gasteiger partial charge in [-0.1, -0.05) is 56.5 Å². The van der Waals surface area contributed by atoms with E-state index in [2.05, 4.69) is 34.2 Å². The molecule has 1 aliphatic rings. The van der Waals surface area contributed by atoms with Gasteiger partial charge in [0.15, 0.2) is 0 Å². The number of carboxylic acid groups (broad SMARTS) is 1. The molecule has 0 fully saturated rings. The zero-order valence-electron chi connectivity index (χ0n) is 30.8. The number of hydrogen-bond acceptors (Lipinski definition) is 13. The Morgan fingerprint density at radius 1 is 0.981 bits per heavy atom. The molecule has 1 aromatic rings. The molecular weight excluding hydrogens is 687 g/mol. The van der Waals surface area contributed by atoms with E-state index in [-0.39, 0.29) is 32.8 Å². The Kier molecular flexibility index (Phi) is 23.0. The van der Waals surface area contributed by atoms with E-state index in [1.807, 2.05) is 37.3 Å². The summed E-state index contributed by atoms with van der Waals surface area (Å²) in [4.78, 5) is 26.4. The summed E-state index contributed by atoms with van der Waals surface area (Å²) in [6, 6.07) is 10.1. The van der Waals surface area contributed by atoms with Crippen molar-refractivity contribution in [2.45, 2.75) is 77.5 Å². The van der Waals surface area contributed by atoms with Crippen LogP contribution in [0, 0.1) is 41.4 Å². The Balaban J connectivity index is 1.73. The van der Waals surface area contributed by atoms with Crippen LogP contribution in [0.25, 0.3) is 0 Å². The van der Waals surface area contributed by atoms with E-state index >= 15 is 0 Å². The summed E-state index contributed by atoms with van der Waals surface area (Å²) in [5.41, 5.74) is 3.21. The van der Waals surface area contributed by atoms with Crippen molar-refractivity contribution in [1.29, 1.82) is 10.5 Å². The van der Waals surface area contributed by atoms with Crippen molar-refractivity contribution in [3.8, 4) is 12.1 Å². The fourth-order valence-corrected chi connectivity index (χ4v) is 6.37. The van der Waals surface area contributed by atoms with Crippen LogP contribution in [0.4, 0.5) is 11.4 Å². The summed E-state index contributed by atoms with van der Waals surface area (Å²) in [6.07, 6.45) is 10.8. The molecule has 0 bridgehead atoms. The van der Waals surface area contributed by atoms with Crippen LogP contribution in [0.15, 0.2) is 51.1 Å². The first-order valence-corrected chi connectivity index (χ1v) is 18.9. The van der Waals surface area contributed by atoms with Crippen molar-refractivity contribution in [3.63, 3.8) is 0 Å². The molecule has 3 unspecified atom stereocenters. The average molecular weight is 742 g/mol. The summed E-state index contributed by atoms with van der Waals surface area (Å²) in [7, 11) is 0. The molecule has 0 amide bonds. The first-order chi connectivity index (χ1) is 25.2. The van der Waals surface area contributed by atoms with Crippen LogP contribution in [0.5, 0.6) is 0 Å². The van der Waals surface area contributed by atoms with Gasteiger partial charge in [0.1, 0.15) is 24.0 Å². The number of nitrogens with zero attached hydrogens (tertiary/aromatic N) is 5. The molecule has 2 rings (SSSR count). The van der Waals surface area contributed by atoms with Gasteiger partial charge in [0.2, 0.25) is 0 Å². The molecule has 0 aliphatic carbocycles. The second-order valence-corrected chi connectivity index (χ2v) is 13.5. The van der Waals surface area contributed by atoms with Crippen LogP contribution in [-0.4, -0.2) is 93.5 Å². The standard InChI is InChI=1S/C38H55N5O8S/c1-4-5-6-7-8-9-10-11-12-31(38(46)47)26-36(45)51-24-23-50-22-21-49-19-16-43(15-18-48-20-17-44)32-13-14-34(29(2)25-32)41-42-37-33(27-39)30(3)35(28-40)52-37/h10-11,13-14,25,31,33,37,44H,4-9,12,15-24,26H2,1-3H3,(H,46,47)/b11-10+,42-41+. The number of aliphatic hydroxyl groups excluding tert-OH is 1. The molecule has 0 saturated heterocycles. The smallest absolute Gasteiger partial charge is 0.307 e. The Bertz CT molecular complexity index is 1410. The Morgan fingerprint density at radius 2 is 1.67 bits per heavy atom. The number of thioether (sulfide) groups is 1. The number of allylic oxidation sites excluding steroid dienone is 3. The van der Waals surface area contributed by atoms with E-state index < -0.39 is 29.1 Å². The van der Waals surface area contributed by atoms with Gasteiger partial charge in [-0.15, -0.1) is 0 Å². The quantitative estimate of drug-likeness (QED) is 0.0393. The highest BCUT2D eigenvalue weighted by Gasteiger charge is 2.34. The molecule has 2 N–H and O–H groups in total. The van der Waals surface area contributed by atoms with Gasteiger partial charge in [0, 0.05) is 18.8 Å². The van der Waals surface area contributed by atoms with E-state index in [4.69, 9.17) is 24.1 Å². The number of carbonyl (C=O) groups is 2. The van der Waals surface area contributed by atoms with Crippen LogP contribution in [-0.2, 0) is 28.5 Å². The topological polar surface area (TPSA) is 187 Å². The molecule has 286 valence electrons. The number of aliphatic carboxylic acids is 1. The predicted octanol–water partition coefficient (Wildman–Crippen LogP) is 6.88. The van der Waals surface area contributed by atoms with E-state index in [9.17, 15) is 25.2 Å². The second-order valence-electron chi connectivity index (χ2n) is 12.3. The largest absolute Gasteiger partial charge is 0.481 e. The van der Waals surface area contributed by atoms with Gasteiger partial charge in [-0.05, 0) is 62.4 Å². The summed E-state index contributed by atoms with van der Waals surface area (Å²) in [5, 5.41) is 45.7. The molecule has 0 radical (unpaired) electrons. The first-order valence-electron chi connectivity index (χ1n) is 18.1. The van der Waals surface area contributed by atoms with Crippen molar-refractivity contribution in [3.05, 3.63) is 46.4 Å². The summed E-state index contributed by atoms with van der Waals surface area (Å²) >= 11 is 1.26. The molecule has 13 nitrogen and oxygen atoms in total. The lowest BCUT2D eigenvalue weighted by Crippen LogP contribution is -2.31. The number of ether oxygens (including phenoxy) is 4. The lowest BCUT2D eigenvalue weighted by molar-refractivity contribution is -0.152. The maximum atomic E-state index is 12.2. The molecular formula is C38H55N5O8S. The number of azo groups is 1. The lowest BCUT2D eigenvalue weighted by atomic mass is 10.0. The number of aliphatic hydroxyl groups is 1. The van der Waals surface area contributed by atoms with Crippen molar-refractivity contribution >= 4 is 35.1 Å². The zero-order valence-corrected chi connectivity index (χ0v) is 31.7. The third kappa shape index (κ3) is 17.2. The van der Waals surface area contributed by atoms with E-state index in [1.165, 1.54) is 37.4 Å². The number of nitriles is 2. The van der Waals surface area contributed by atoms with Crippen molar-refractivity contribution in [2.75, 3.05) is 70.8 Å². The van der Waals surface area contributed by atoms with E-state index in [0.29, 0.717) is 56.5 Å². The SMILES string of the molecule is CCCCCCC/C=C/CC(CC(=O)OCCOCCOCCN(CCOCCO)c1ccc(/N=N/C2SC(C#N)=C(C)C2C#N)c(C)c1)C(=O)O. The molecule has 1 aliphatic heterocycles. The van der Waals surface area contributed by atoms with Crippen LogP contribution in [0.1, 0.15) is 70.8 Å². The summed E-state index contributed by atoms with van der Waals surface area (Å²) < 4.78 is 22.0. The van der Waals surface area contributed by atoms with Gasteiger partial charge in [0.25, 0.3) is 0 Å². The Labute approximate surface area is 312 Å². The minimum Gasteiger partial charge on any atom is -0.481 e. The molecule has 1 aromatic carbocycles. The monoisotopic (exact) mass is 741 g/mol. The van der Waals surface area contributed by atoms with E-state index in [0.717, 1.165) is 29.7 Å². The Hall–Kier alpha value is -3.79. The maximum Gasteiger partial charge on any atom is 0.307 e. The Morgan fingerprint density at radius 3 is 2.33 bits per heavy atom. The number of unbranched alkanes of at least 4 members (excludes halogenated alkanes) is 5. The number of aryl methyl sites for hydroxylation is 1. The van der Waals surface area contributed by atoms with Crippen LogP contribution >= 0.6 is 11.8 Å². The third-order valence-electron chi connectivity index (χ3n) is 8.35.